The molecule has 236 valence electrons. The Hall–Kier alpha value is -2.43. The van der Waals surface area contributed by atoms with Crippen LogP contribution in [-0.2, 0) is 20.6 Å². The largest absolute Gasteiger partial charge is 0.494 e. The van der Waals surface area contributed by atoms with Gasteiger partial charge in [0.2, 0.25) is 0 Å². The SMILES string of the molecule is CCn1c2c(c3cc(B4OC(C)(C)C(C)(C)O4)ccc31)C(C(C)(C)CO)[C@H](OC)c1ncc(N3CCN(C4CC4)CC3)cc1-2. The van der Waals surface area contributed by atoms with Crippen molar-refractivity contribution in [1.82, 2.24) is 14.5 Å². The molecular weight excluding hydrogens is 551 g/mol. The summed E-state index contributed by atoms with van der Waals surface area (Å²) in [7, 11) is 1.33. The zero-order valence-corrected chi connectivity index (χ0v) is 27.8. The van der Waals surface area contributed by atoms with Gasteiger partial charge in [-0.15, -0.1) is 0 Å². The Labute approximate surface area is 262 Å². The quantitative estimate of drug-likeness (QED) is 0.378. The molecule has 1 unspecified atom stereocenters. The number of ether oxygens (including phenoxy) is 1. The van der Waals surface area contributed by atoms with Crippen molar-refractivity contribution < 1.29 is 19.2 Å². The first kappa shape index (κ1) is 30.2. The maximum atomic E-state index is 10.8. The highest BCUT2D eigenvalue weighted by molar-refractivity contribution is 6.62. The predicted molar refractivity (Wildman–Crippen MR) is 177 cm³/mol. The van der Waals surface area contributed by atoms with E-state index in [4.69, 9.17) is 19.0 Å². The van der Waals surface area contributed by atoms with Gasteiger partial charge in [0, 0.05) is 74.9 Å². The molecule has 2 atom stereocenters. The zero-order chi connectivity index (χ0) is 31.2. The Balaban J connectivity index is 1.39. The normalized spacial score (nSPS) is 25.0. The predicted octanol–water partition coefficient (Wildman–Crippen LogP) is 5.11. The van der Waals surface area contributed by atoms with Crippen molar-refractivity contribution in [2.75, 3.05) is 44.8 Å². The number of aryl methyl sites for hydroxylation is 1. The molecular formula is C35H49BN4O4. The van der Waals surface area contributed by atoms with Crippen LogP contribution in [0.2, 0.25) is 0 Å². The third-order valence-electron chi connectivity index (χ3n) is 11.3. The highest BCUT2D eigenvalue weighted by atomic mass is 16.7. The molecule has 0 spiro atoms. The number of methoxy groups -OCH3 is 1. The Kier molecular flexibility index (Phi) is 7.26. The van der Waals surface area contributed by atoms with Gasteiger partial charge in [0.1, 0.15) is 6.10 Å². The van der Waals surface area contributed by atoms with E-state index < -0.39 is 23.7 Å². The van der Waals surface area contributed by atoms with Crippen LogP contribution in [0.1, 0.15) is 84.6 Å². The minimum atomic E-state index is -0.459. The smallest absolute Gasteiger partial charge is 0.399 e. The van der Waals surface area contributed by atoms with E-state index in [1.807, 2.05) is 6.20 Å². The second-order valence-corrected chi connectivity index (χ2v) is 15.0. The van der Waals surface area contributed by atoms with Crippen LogP contribution in [-0.4, -0.2) is 83.8 Å². The molecule has 3 aromatic rings. The lowest BCUT2D eigenvalue weighted by molar-refractivity contribution is 0.00578. The number of fused-ring (bicyclic) bond motifs is 5. The minimum Gasteiger partial charge on any atom is -0.399 e. The van der Waals surface area contributed by atoms with Gasteiger partial charge in [-0.3, -0.25) is 9.88 Å². The van der Waals surface area contributed by atoms with Gasteiger partial charge >= 0.3 is 7.12 Å². The maximum absolute atomic E-state index is 10.8. The summed E-state index contributed by atoms with van der Waals surface area (Å²) in [4.78, 5) is 10.3. The van der Waals surface area contributed by atoms with Crippen molar-refractivity contribution in [3.8, 4) is 11.3 Å². The van der Waals surface area contributed by atoms with Crippen LogP contribution in [0.4, 0.5) is 5.69 Å². The summed E-state index contributed by atoms with van der Waals surface area (Å²) in [5, 5.41) is 11.9. The van der Waals surface area contributed by atoms with Crippen LogP contribution in [0.5, 0.6) is 0 Å². The minimum absolute atomic E-state index is 0.0331. The number of nitrogens with zero attached hydrogens (tertiary/aromatic N) is 4. The van der Waals surface area contributed by atoms with E-state index >= 15 is 0 Å². The summed E-state index contributed by atoms with van der Waals surface area (Å²) >= 11 is 0. The van der Waals surface area contributed by atoms with Crippen LogP contribution in [0, 0.1) is 5.41 Å². The molecule has 44 heavy (non-hydrogen) atoms. The Morgan fingerprint density at radius 1 is 1.05 bits per heavy atom. The van der Waals surface area contributed by atoms with Crippen molar-refractivity contribution in [2.45, 2.75) is 97.1 Å². The van der Waals surface area contributed by atoms with E-state index in [-0.39, 0.29) is 18.6 Å². The molecule has 8 nitrogen and oxygen atoms in total. The lowest BCUT2D eigenvalue weighted by atomic mass is 9.67. The van der Waals surface area contributed by atoms with Gasteiger partial charge in [0.05, 0.1) is 34.5 Å². The fourth-order valence-corrected chi connectivity index (χ4v) is 7.75. The first-order chi connectivity index (χ1) is 20.9. The molecule has 0 bridgehead atoms. The van der Waals surface area contributed by atoms with Crippen molar-refractivity contribution in [3.05, 3.63) is 41.7 Å². The van der Waals surface area contributed by atoms with Gasteiger partial charge < -0.3 is 28.6 Å². The van der Waals surface area contributed by atoms with Crippen LogP contribution in [0.15, 0.2) is 30.5 Å². The van der Waals surface area contributed by atoms with Crippen LogP contribution < -0.4 is 10.4 Å². The monoisotopic (exact) mass is 600 g/mol. The fourth-order valence-electron chi connectivity index (χ4n) is 7.75. The molecule has 2 aliphatic heterocycles. The summed E-state index contributed by atoms with van der Waals surface area (Å²) in [6, 6.07) is 9.78. The van der Waals surface area contributed by atoms with E-state index in [2.05, 4.69) is 87.1 Å². The lowest BCUT2D eigenvalue weighted by Crippen LogP contribution is -2.47. The molecule has 2 saturated heterocycles. The van der Waals surface area contributed by atoms with Gasteiger partial charge in [-0.1, -0.05) is 26.0 Å². The molecule has 4 heterocycles. The molecule has 1 aromatic carbocycles. The van der Waals surface area contributed by atoms with Gasteiger partial charge in [0.15, 0.2) is 0 Å². The molecule has 2 aliphatic carbocycles. The van der Waals surface area contributed by atoms with Crippen LogP contribution in [0.25, 0.3) is 22.2 Å². The number of benzene rings is 1. The Bertz CT molecular complexity index is 1550. The van der Waals surface area contributed by atoms with Crippen LogP contribution in [0.3, 0.4) is 0 Å². The number of hydrogen-bond donors (Lipinski definition) is 1. The topological polar surface area (TPSA) is 72.2 Å². The third-order valence-corrected chi connectivity index (χ3v) is 11.3. The number of aliphatic hydroxyl groups excluding tert-OH is 1. The molecule has 3 fully saturated rings. The molecule has 9 heteroatoms. The highest BCUT2D eigenvalue weighted by Crippen LogP contribution is 2.57. The van der Waals surface area contributed by atoms with Gasteiger partial charge in [-0.2, -0.15) is 0 Å². The first-order valence-corrected chi connectivity index (χ1v) is 16.6. The van der Waals surface area contributed by atoms with Gasteiger partial charge in [0.25, 0.3) is 0 Å². The van der Waals surface area contributed by atoms with E-state index in [0.717, 1.165) is 60.9 Å². The summed E-state index contributed by atoms with van der Waals surface area (Å²) < 4.78 is 21.7. The summed E-state index contributed by atoms with van der Waals surface area (Å²) in [6.07, 6.45) is 4.45. The second kappa shape index (κ2) is 10.6. The number of rotatable bonds is 7. The second-order valence-electron chi connectivity index (χ2n) is 15.0. The molecule has 4 aliphatic rings. The molecule has 1 saturated carbocycles. The molecule has 7 rings (SSSR count). The van der Waals surface area contributed by atoms with Crippen molar-refractivity contribution >= 4 is 29.2 Å². The summed E-state index contributed by atoms with van der Waals surface area (Å²) in [6.45, 7) is 20.0. The van der Waals surface area contributed by atoms with E-state index in [0.29, 0.717) is 0 Å². The fraction of sp³-hybridized carbons (Fsp3) is 0.629. The number of aromatic nitrogens is 2. The number of pyridine rings is 1. The van der Waals surface area contributed by atoms with Gasteiger partial charge in [-0.25, -0.2) is 0 Å². The average Bonchev–Trinajstić information content (AvgIpc) is 3.77. The standard InChI is InChI=1S/C35H49BN4O4/c1-9-40-27-13-10-22(36-43-34(4,5)35(6,7)44-36)18-25(27)28-29(33(2,3)21-41)32(42-8)30-26(31(28)40)19-24(20-37-30)39-16-14-38(15-17-39)23-11-12-23/h10,13,18-20,23,29,32,41H,9,11-12,14-17,21H2,1-8H3/t29?,32-/m0/s1. The average molecular weight is 601 g/mol. The van der Waals surface area contributed by atoms with Crippen molar-refractivity contribution in [1.29, 1.82) is 0 Å². The zero-order valence-electron chi connectivity index (χ0n) is 27.8. The number of anilines is 1. The highest BCUT2D eigenvalue weighted by Gasteiger charge is 2.52. The van der Waals surface area contributed by atoms with E-state index in [1.165, 1.54) is 35.3 Å². The van der Waals surface area contributed by atoms with E-state index in [9.17, 15) is 5.11 Å². The van der Waals surface area contributed by atoms with Crippen molar-refractivity contribution in [3.63, 3.8) is 0 Å². The number of piperazine rings is 1. The molecule has 0 radical (unpaired) electrons. The summed E-state index contributed by atoms with van der Waals surface area (Å²) in [5.41, 5.74) is 6.54. The van der Waals surface area contributed by atoms with E-state index in [1.54, 1.807) is 7.11 Å². The number of aliphatic hydroxyl groups is 1. The Morgan fingerprint density at radius 3 is 2.32 bits per heavy atom. The Morgan fingerprint density at radius 2 is 1.73 bits per heavy atom. The first-order valence-electron chi connectivity index (χ1n) is 16.6. The molecule has 0 amide bonds. The third kappa shape index (κ3) is 4.65. The number of hydrogen-bond acceptors (Lipinski definition) is 7. The molecule has 1 N–H and O–H groups in total. The van der Waals surface area contributed by atoms with Crippen LogP contribution >= 0.6 is 0 Å². The maximum Gasteiger partial charge on any atom is 0.494 e. The van der Waals surface area contributed by atoms with Crippen molar-refractivity contribution in [2.24, 2.45) is 5.41 Å². The lowest BCUT2D eigenvalue weighted by Gasteiger charge is -2.42. The summed E-state index contributed by atoms with van der Waals surface area (Å²) in [5.74, 6) is -0.107. The molecule has 2 aromatic heterocycles. The van der Waals surface area contributed by atoms with Gasteiger partial charge in [-0.05, 0) is 76.0 Å².